The molecule has 0 aliphatic heterocycles. The third-order valence-electron chi connectivity index (χ3n) is 3.54. The highest BCUT2D eigenvalue weighted by atomic mass is 32.1. The Morgan fingerprint density at radius 2 is 2.33 bits per heavy atom. The van der Waals surface area contributed by atoms with Crippen molar-refractivity contribution < 1.29 is 0 Å². The molecule has 1 aromatic heterocycles. The molecule has 1 aromatic rings. The number of rotatable bonds is 6. The quantitative estimate of drug-likeness (QED) is 0.779. The predicted octanol–water partition coefficient (Wildman–Crippen LogP) is 3.46. The third kappa shape index (κ3) is 2.82. The van der Waals surface area contributed by atoms with Crippen LogP contribution in [0, 0.1) is 5.41 Å². The summed E-state index contributed by atoms with van der Waals surface area (Å²) in [7, 11) is 0. The monoisotopic (exact) mass is 223 g/mol. The molecule has 1 atom stereocenters. The Hall–Kier alpha value is -0.340. The van der Waals surface area contributed by atoms with Gasteiger partial charge < -0.3 is 5.32 Å². The zero-order chi connectivity index (χ0) is 10.7. The smallest absolute Gasteiger partial charge is 0.0161 e. The maximum Gasteiger partial charge on any atom is 0.0161 e. The Bertz CT molecular complexity index is 287. The fourth-order valence-electron chi connectivity index (χ4n) is 2.07. The van der Waals surface area contributed by atoms with Gasteiger partial charge in [-0.15, -0.1) is 0 Å². The van der Waals surface area contributed by atoms with Crippen LogP contribution in [0.1, 0.15) is 38.7 Å². The summed E-state index contributed by atoms with van der Waals surface area (Å²) in [6, 6.07) is 2.95. The van der Waals surface area contributed by atoms with Crippen molar-refractivity contribution in [3.05, 3.63) is 22.4 Å². The lowest BCUT2D eigenvalue weighted by atomic mass is 9.93. The van der Waals surface area contributed by atoms with Gasteiger partial charge in [-0.05, 0) is 60.0 Å². The van der Waals surface area contributed by atoms with Crippen molar-refractivity contribution in [2.24, 2.45) is 5.41 Å². The van der Waals surface area contributed by atoms with Crippen molar-refractivity contribution in [3.63, 3.8) is 0 Å². The van der Waals surface area contributed by atoms with Crippen LogP contribution >= 0.6 is 11.3 Å². The van der Waals surface area contributed by atoms with Gasteiger partial charge in [-0.3, -0.25) is 0 Å². The second-order valence-corrected chi connectivity index (χ2v) is 5.78. The van der Waals surface area contributed by atoms with Gasteiger partial charge in [0.1, 0.15) is 0 Å². The molecule has 0 radical (unpaired) electrons. The Kier molecular flexibility index (Phi) is 3.47. The molecule has 0 spiro atoms. The highest BCUT2D eigenvalue weighted by Gasteiger charge is 2.44. The summed E-state index contributed by atoms with van der Waals surface area (Å²) in [6.07, 6.45) is 5.24. The van der Waals surface area contributed by atoms with Crippen molar-refractivity contribution in [3.8, 4) is 0 Å². The Labute approximate surface area is 96.9 Å². The lowest BCUT2D eigenvalue weighted by Gasteiger charge is -2.24. The summed E-state index contributed by atoms with van der Waals surface area (Å²) in [5.41, 5.74) is 2.08. The molecule has 0 saturated heterocycles. The lowest BCUT2D eigenvalue weighted by Crippen LogP contribution is -2.38. The van der Waals surface area contributed by atoms with Gasteiger partial charge >= 0.3 is 0 Å². The van der Waals surface area contributed by atoms with Gasteiger partial charge in [0.05, 0.1) is 0 Å². The molecule has 1 N–H and O–H groups in total. The second-order valence-electron chi connectivity index (χ2n) is 5.00. The lowest BCUT2D eigenvalue weighted by molar-refractivity contribution is 0.354. The van der Waals surface area contributed by atoms with Gasteiger partial charge in [0.15, 0.2) is 0 Å². The highest BCUT2D eigenvalue weighted by molar-refractivity contribution is 7.07. The first kappa shape index (κ1) is 11.2. The molecule has 2 rings (SSSR count). The summed E-state index contributed by atoms with van der Waals surface area (Å²) in [4.78, 5) is 0. The molecule has 1 heterocycles. The molecule has 2 heteroatoms. The van der Waals surface area contributed by atoms with Gasteiger partial charge in [-0.1, -0.05) is 13.8 Å². The van der Waals surface area contributed by atoms with Crippen LogP contribution in [0.25, 0.3) is 0 Å². The van der Waals surface area contributed by atoms with Crippen molar-refractivity contribution in [2.75, 3.05) is 6.54 Å². The van der Waals surface area contributed by atoms with Crippen LogP contribution in [0.15, 0.2) is 16.8 Å². The van der Waals surface area contributed by atoms with Crippen LogP contribution in [0.2, 0.25) is 0 Å². The van der Waals surface area contributed by atoms with Crippen LogP contribution in [-0.2, 0) is 6.42 Å². The molecule has 0 aromatic carbocycles. The molecule has 1 fully saturated rings. The maximum absolute atomic E-state index is 3.71. The molecule has 84 valence electrons. The standard InChI is InChI=1S/C13H21NS/c1-3-7-14-12(13(2)5-6-13)9-11-4-8-15-10-11/h4,8,10,12,14H,3,5-7,9H2,1-2H3. The molecular formula is C13H21NS. The SMILES string of the molecule is CCCNC(Cc1ccsc1)C1(C)CC1. The molecule has 0 amide bonds. The van der Waals surface area contributed by atoms with E-state index >= 15 is 0 Å². The van der Waals surface area contributed by atoms with Crippen molar-refractivity contribution >= 4 is 11.3 Å². The maximum atomic E-state index is 3.71. The zero-order valence-electron chi connectivity index (χ0n) is 9.75. The minimum atomic E-state index is 0.580. The minimum Gasteiger partial charge on any atom is -0.313 e. The Morgan fingerprint density at radius 3 is 2.87 bits per heavy atom. The van der Waals surface area contributed by atoms with Gasteiger partial charge in [0.25, 0.3) is 0 Å². The van der Waals surface area contributed by atoms with Crippen LogP contribution in [0.5, 0.6) is 0 Å². The fraction of sp³-hybridized carbons (Fsp3) is 0.692. The molecule has 15 heavy (non-hydrogen) atoms. The van der Waals surface area contributed by atoms with Crippen molar-refractivity contribution in [2.45, 2.75) is 45.6 Å². The van der Waals surface area contributed by atoms with Crippen LogP contribution < -0.4 is 5.32 Å². The highest BCUT2D eigenvalue weighted by Crippen LogP contribution is 2.49. The molecule has 1 unspecified atom stereocenters. The molecule has 1 nitrogen and oxygen atoms in total. The topological polar surface area (TPSA) is 12.0 Å². The fourth-order valence-corrected chi connectivity index (χ4v) is 2.76. The largest absolute Gasteiger partial charge is 0.313 e. The molecular weight excluding hydrogens is 202 g/mol. The van der Waals surface area contributed by atoms with Gasteiger partial charge in [-0.2, -0.15) is 11.3 Å². The van der Waals surface area contributed by atoms with E-state index in [2.05, 4.69) is 36.0 Å². The number of thiophene rings is 1. The van der Waals surface area contributed by atoms with Gasteiger partial charge in [-0.25, -0.2) is 0 Å². The first-order valence-corrected chi connectivity index (χ1v) is 6.93. The first-order chi connectivity index (χ1) is 7.24. The van der Waals surface area contributed by atoms with E-state index in [0.29, 0.717) is 11.5 Å². The van der Waals surface area contributed by atoms with Crippen molar-refractivity contribution in [1.82, 2.24) is 5.32 Å². The van der Waals surface area contributed by atoms with E-state index in [9.17, 15) is 0 Å². The van der Waals surface area contributed by atoms with E-state index < -0.39 is 0 Å². The summed E-state index contributed by atoms with van der Waals surface area (Å²) in [6.45, 7) is 5.82. The third-order valence-corrected chi connectivity index (χ3v) is 4.27. The van der Waals surface area contributed by atoms with E-state index in [0.717, 1.165) is 6.54 Å². The second kappa shape index (κ2) is 4.67. The van der Waals surface area contributed by atoms with Crippen molar-refractivity contribution in [1.29, 1.82) is 0 Å². The molecule has 0 bridgehead atoms. The summed E-state index contributed by atoms with van der Waals surface area (Å²) >= 11 is 1.81. The van der Waals surface area contributed by atoms with E-state index in [1.807, 2.05) is 11.3 Å². The minimum absolute atomic E-state index is 0.580. The van der Waals surface area contributed by atoms with Crippen LogP contribution in [0.4, 0.5) is 0 Å². The van der Waals surface area contributed by atoms with E-state index in [-0.39, 0.29) is 0 Å². The predicted molar refractivity (Wildman–Crippen MR) is 67.4 cm³/mol. The summed E-state index contributed by atoms with van der Waals surface area (Å²) in [5.74, 6) is 0. The first-order valence-electron chi connectivity index (χ1n) is 5.99. The zero-order valence-corrected chi connectivity index (χ0v) is 10.6. The molecule has 1 aliphatic rings. The summed E-state index contributed by atoms with van der Waals surface area (Å²) < 4.78 is 0. The number of hydrogen-bond donors (Lipinski definition) is 1. The van der Waals surface area contributed by atoms with Crippen LogP contribution in [-0.4, -0.2) is 12.6 Å². The number of nitrogens with one attached hydrogen (secondary N) is 1. The normalized spacial score (nSPS) is 20.1. The van der Waals surface area contributed by atoms with E-state index in [1.54, 1.807) is 0 Å². The van der Waals surface area contributed by atoms with Gasteiger partial charge in [0.2, 0.25) is 0 Å². The molecule has 1 aliphatic carbocycles. The average molecular weight is 223 g/mol. The summed E-state index contributed by atoms with van der Waals surface area (Å²) in [5, 5.41) is 8.18. The average Bonchev–Trinajstić information content (AvgIpc) is 2.80. The number of hydrogen-bond acceptors (Lipinski definition) is 2. The molecule has 1 saturated carbocycles. The van der Waals surface area contributed by atoms with Crippen LogP contribution in [0.3, 0.4) is 0 Å². The Balaban J connectivity index is 1.93. The Morgan fingerprint density at radius 1 is 1.53 bits per heavy atom. The van der Waals surface area contributed by atoms with E-state index in [1.165, 1.54) is 31.2 Å². The van der Waals surface area contributed by atoms with E-state index in [4.69, 9.17) is 0 Å². The van der Waals surface area contributed by atoms with Gasteiger partial charge in [0, 0.05) is 6.04 Å².